The van der Waals surface area contributed by atoms with Gasteiger partial charge in [-0.05, 0) is 110 Å². The van der Waals surface area contributed by atoms with Crippen molar-refractivity contribution in [2.75, 3.05) is 4.90 Å². The van der Waals surface area contributed by atoms with Crippen LogP contribution in [0, 0.1) is 0 Å². The molecule has 2 aromatic heterocycles. The SMILES string of the molecule is c1ccc(-c2ccc(N(c3ccc(-c4ccccc4)cc3)c3ccc(-c4ccc5c6ccccc6c6oc(-c7cccc8c7sc7ccccc78)c(-c7ccccc7)c6c5c4)cc3)cc2)cc1. The van der Waals surface area contributed by atoms with Crippen LogP contribution < -0.4 is 4.90 Å². The Kier molecular flexibility index (Phi) is 9.40. The van der Waals surface area contributed by atoms with Crippen molar-refractivity contribution < 1.29 is 4.42 Å². The first kappa shape index (κ1) is 38.9. The number of nitrogens with zero attached hydrogens (tertiary/aromatic N) is 1. The molecule has 11 aromatic carbocycles. The van der Waals surface area contributed by atoms with Crippen molar-refractivity contribution in [3.05, 3.63) is 249 Å². The minimum atomic E-state index is 0.902. The van der Waals surface area contributed by atoms with E-state index in [1.54, 1.807) is 0 Å². The molecule has 67 heavy (non-hydrogen) atoms. The van der Waals surface area contributed by atoms with Gasteiger partial charge in [0.15, 0.2) is 0 Å². The summed E-state index contributed by atoms with van der Waals surface area (Å²) in [6.45, 7) is 0. The van der Waals surface area contributed by atoms with Crippen LogP contribution in [-0.4, -0.2) is 0 Å². The molecule has 0 saturated heterocycles. The third kappa shape index (κ3) is 6.71. The van der Waals surface area contributed by atoms with Crippen LogP contribution in [0.1, 0.15) is 0 Å². The van der Waals surface area contributed by atoms with Gasteiger partial charge in [0.25, 0.3) is 0 Å². The topological polar surface area (TPSA) is 16.4 Å². The number of rotatable bonds is 8. The number of thiophene rings is 1. The van der Waals surface area contributed by atoms with E-state index in [-0.39, 0.29) is 0 Å². The van der Waals surface area contributed by atoms with Crippen LogP contribution in [0.2, 0.25) is 0 Å². The van der Waals surface area contributed by atoms with Gasteiger partial charge in [-0.25, -0.2) is 0 Å². The van der Waals surface area contributed by atoms with Gasteiger partial charge in [0, 0.05) is 59.1 Å². The summed E-state index contributed by atoms with van der Waals surface area (Å²) in [5.41, 5.74) is 14.6. The van der Waals surface area contributed by atoms with E-state index in [9.17, 15) is 0 Å². The zero-order valence-electron chi connectivity index (χ0n) is 36.4. The van der Waals surface area contributed by atoms with Gasteiger partial charge in [0.1, 0.15) is 11.3 Å². The summed E-state index contributed by atoms with van der Waals surface area (Å²) in [5, 5.41) is 8.34. The molecule has 0 saturated carbocycles. The van der Waals surface area contributed by atoms with Crippen molar-refractivity contribution in [1.82, 2.24) is 0 Å². The van der Waals surface area contributed by atoms with Crippen LogP contribution in [0.25, 0.3) is 109 Å². The summed E-state index contributed by atoms with van der Waals surface area (Å²) < 4.78 is 9.82. The van der Waals surface area contributed by atoms with E-state index in [0.717, 1.165) is 67.0 Å². The van der Waals surface area contributed by atoms with E-state index in [1.165, 1.54) is 58.6 Å². The van der Waals surface area contributed by atoms with Gasteiger partial charge in [-0.3, -0.25) is 0 Å². The maximum absolute atomic E-state index is 7.30. The number of anilines is 3. The van der Waals surface area contributed by atoms with Crippen molar-refractivity contribution in [1.29, 1.82) is 0 Å². The smallest absolute Gasteiger partial charge is 0.144 e. The largest absolute Gasteiger partial charge is 0.455 e. The predicted molar refractivity (Wildman–Crippen MR) is 286 cm³/mol. The maximum atomic E-state index is 7.30. The number of hydrogen-bond donors (Lipinski definition) is 0. The molecule has 0 aliphatic heterocycles. The van der Waals surface area contributed by atoms with Crippen LogP contribution >= 0.6 is 11.3 Å². The number of benzene rings is 11. The fourth-order valence-electron chi connectivity index (χ4n) is 10.1. The second-order valence-electron chi connectivity index (χ2n) is 17.2. The average molecular weight is 872 g/mol. The maximum Gasteiger partial charge on any atom is 0.144 e. The fraction of sp³-hybridized carbons (Fsp3) is 0. The molecule has 0 amide bonds. The summed E-state index contributed by atoms with van der Waals surface area (Å²) in [6.07, 6.45) is 0. The second-order valence-corrected chi connectivity index (χ2v) is 18.2. The Morgan fingerprint density at radius 1 is 0.313 bits per heavy atom. The number of fused-ring (bicyclic) bond motifs is 9. The molecular weight excluding hydrogens is 831 g/mol. The van der Waals surface area contributed by atoms with Crippen molar-refractivity contribution in [3.63, 3.8) is 0 Å². The molecule has 2 nitrogen and oxygen atoms in total. The molecule has 13 rings (SSSR count). The first-order chi connectivity index (χ1) is 33.2. The first-order valence-electron chi connectivity index (χ1n) is 22.8. The van der Waals surface area contributed by atoms with E-state index >= 15 is 0 Å². The van der Waals surface area contributed by atoms with Crippen molar-refractivity contribution >= 4 is 81.1 Å². The molecule has 0 unspecified atom stereocenters. The van der Waals surface area contributed by atoms with E-state index in [2.05, 4.69) is 254 Å². The molecule has 0 radical (unpaired) electrons. The van der Waals surface area contributed by atoms with E-state index in [0.29, 0.717) is 0 Å². The van der Waals surface area contributed by atoms with Gasteiger partial charge in [0.05, 0.1) is 0 Å². The van der Waals surface area contributed by atoms with Gasteiger partial charge < -0.3 is 9.32 Å². The highest BCUT2D eigenvalue weighted by molar-refractivity contribution is 7.26. The lowest BCUT2D eigenvalue weighted by Gasteiger charge is -2.26. The first-order valence-corrected chi connectivity index (χ1v) is 23.6. The lowest BCUT2D eigenvalue weighted by atomic mass is 9.90. The Hall–Kier alpha value is -8.50. The molecular formula is C64H41NOS. The monoisotopic (exact) mass is 871 g/mol. The van der Waals surface area contributed by atoms with E-state index in [4.69, 9.17) is 4.42 Å². The highest BCUT2D eigenvalue weighted by Crippen LogP contribution is 2.51. The molecule has 3 heteroatoms. The van der Waals surface area contributed by atoms with Gasteiger partial charge in [-0.15, -0.1) is 11.3 Å². The van der Waals surface area contributed by atoms with Crippen molar-refractivity contribution in [2.45, 2.75) is 0 Å². The van der Waals surface area contributed by atoms with Gasteiger partial charge in [-0.2, -0.15) is 0 Å². The fourth-order valence-corrected chi connectivity index (χ4v) is 11.3. The normalized spacial score (nSPS) is 11.6. The van der Waals surface area contributed by atoms with Gasteiger partial charge in [0.2, 0.25) is 0 Å². The highest BCUT2D eigenvalue weighted by atomic mass is 32.1. The Bertz CT molecular complexity index is 3850. The van der Waals surface area contributed by atoms with Crippen LogP contribution in [0.15, 0.2) is 253 Å². The summed E-state index contributed by atoms with van der Waals surface area (Å²) >= 11 is 1.84. The Labute approximate surface area is 392 Å². The molecule has 0 fully saturated rings. The molecule has 314 valence electrons. The standard InChI is InChI=1S/C64H41NOS/c1-4-15-42(16-5-1)44-27-34-49(35-28-44)65(50-36-29-45(30-37-50)43-17-6-2-7-18-43)51-38-31-46(32-39-51)48-33-40-53-52-21-10-11-23-55(52)62-61(58(53)41-48)60(47-19-8-3-9-20-47)63(66-62)57-25-14-24-56-54-22-12-13-26-59(54)67-64(56)57/h1-41H. The molecule has 0 atom stereocenters. The molecule has 13 aromatic rings. The Balaban J connectivity index is 0.967. The molecule has 2 heterocycles. The van der Waals surface area contributed by atoms with E-state index < -0.39 is 0 Å². The lowest BCUT2D eigenvalue weighted by molar-refractivity contribution is 0.637. The minimum Gasteiger partial charge on any atom is -0.455 e. The van der Waals surface area contributed by atoms with E-state index in [1.807, 2.05) is 11.3 Å². The molecule has 0 bridgehead atoms. The van der Waals surface area contributed by atoms with Crippen LogP contribution in [-0.2, 0) is 0 Å². The molecule has 0 N–H and O–H groups in total. The molecule has 0 aliphatic carbocycles. The summed E-state index contributed by atoms with van der Waals surface area (Å²) in [4.78, 5) is 2.35. The second kappa shape index (κ2) is 16.2. The Morgan fingerprint density at radius 3 is 1.36 bits per heavy atom. The van der Waals surface area contributed by atoms with Crippen LogP contribution in [0.5, 0.6) is 0 Å². The summed E-state index contributed by atoms with van der Waals surface area (Å²) in [6, 6.07) is 89.8. The zero-order valence-corrected chi connectivity index (χ0v) is 37.3. The quantitative estimate of drug-likeness (QED) is 0.141. The third-order valence-corrected chi connectivity index (χ3v) is 14.5. The van der Waals surface area contributed by atoms with Gasteiger partial charge in [-0.1, -0.05) is 194 Å². The predicted octanol–water partition coefficient (Wildman–Crippen LogP) is 18.9. The lowest BCUT2D eigenvalue weighted by Crippen LogP contribution is -2.09. The molecule has 0 aliphatic rings. The number of hydrogen-bond acceptors (Lipinski definition) is 3. The van der Waals surface area contributed by atoms with Crippen molar-refractivity contribution in [2.24, 2.45) is 0 Å². The third-order valence-electron chi connectivity index (χ3n) is 13.3. The summed E-state index contributed by atoms with van der Waals surface area (Å²) in [7, 11) is 0. The molecule has 0 spiro atoms. The Morgan fingerprint density at radius 2 is 0.761 bits per heavy atom. The average Bonchev–Trinajstić information content (AvgIpc) is 4.00. The van der Waals surface area contributed by atoms with Gasteiger partial charge >= 0.3 is 0 Å². The van der Waals surface area contributed by atoms with Crippen LogP contribution in [0.3, 0.4) is 0 Å². The zero-order chi connectivity index (χ0) is 44.3. The van der Waals surface area contributed by atoms with Crippen LogP contribution in [0.4, 0.5) is 17.1 Å². The minimum absolute atomic E-state index is 0.902. The summed E-state index contributed by atoms with van der Waals surface area (Å²) in [5.74, 6) is 0.902. The number of furan rings is 1. The highest BCUT2D eigenvalue weighted by Gasteiger charge is 2.25. The van der Waals surface area contributed by atoms with Crippen molar-refractivity contribution in [3.8, 4) is 55.8 Å².